The van der Waals surface area contributed by atoms with Crippen molar-refractivity contribution in [3.63, 3.8) is 0 Å². The van der Waals surface area contributed by atoms with Crippen molar-refractivity contribution in [3.8, 4) is 0 Å². The van der Waals surface area contributed by atoms with Gasteiger partial charge in [0.2, 0.25) is 0 Å². The van der Waals surface area contributed by atoms with Gasteiger partial charge < -0.3 is 14.9 Å². The monoisotopic (exact) mass is 310 g/mol. The Kier molecular flexibility index (Phi) is 3.33. The normalized spacial score (nSPS) is 16.1. The van der Waals surface area contributed by atoms with Crippen LogP contribution in [-0.4, -0.2) is 38.0 Å². The maximum absolute atomic E-state index is 11.6. The molecule has 0 spiro atoms. The van der Waals surface area contributed by atoms with Gasteiger partial charge in [0.25, 0.3) is 5.56 Å². The topological polar surface area (TPSA) is 90.6 Å². The molecule has 0 atom stereocenters. The van der Waals surface area contributed by atoms with Crippen LogP contribution < -0.4 is 10.5 Å². The van der Waals surface area contributed by atoms with E-state index >= 15 is 0 Å². The van der Waals surface area contributed by atoms with E-state index in [9.17, 15) is 4.79 Å². The van der Waals surface area contributed by atoms with Gasteiger partial charge in [0, 0.05) is 31.3 Å². The molecule has 118 valence electrons. The fraction of sp³-hybridized carbons (Fsp3) is 0.375. The van der Waals surface area contributed by atoms with E-state index in [2.05, 4.69) is 29.8 Å². The lowest BCUT2D eigenvalue weighted by Crippen LogP contribution is -2.34. The first kappa shape index (κ1) is 13.9. The van der Waals surface area contributed by atoms with Crippen LogP contribution in [0.3, 0.4) is 0 Å². The molecule has 0 unspecified atom stereocenters. The van der Waals surface area contributed by atoms with Crippen LogP contribution in [-0.2, 0) is 0 Å². The van der Waals surface area contributed by atoms with Crippen molar-refractivity contribution in [1.29, 1.82) is 0 Å². The first-order chi connectivity index (χ1) is 11.2. The lowest BCUT2D eigenvalue weighted by Gasteiger charge is -2.32. The Morgan fingerprint density at radius 2 is 2.09 bits per heavy atom. The molecule has 1 aliphatic heterocycles. The van der Waals surface area contributed by atoms with Crippen molar-refractivity contribution in [2.75, 3.05) is 18.0 Å². The molecule has 4 rings (SSSR count). The summed E-state index contributed by atoms with van der Waals surface area (Å²) in [7, 11) is 0. The number of fused-ring (bicyclic) bond motifs is 1. The highest BCUT2D eigenvalue weighted by Crippen LogP contribution is 2.30. The second kappa shape index (κ2) is 5.49. The van der Waals surface area contributed by atoms with Gasteiger partial charge in [-0.05, 0) is 25.8 Å². The smallest absolute Gasteiger partial charge is 0.251 e. The molecule has 1 fully saturated rings. The zero-order valence-electron chi connectivity index (χ0n) is 12.9. The van der Waals surface area contributed by atoms with Gasteiger partial charge in [-0.3, -0.25) is 4.79 Å². The summed E-state index contributed by atoms with van der Waals surface area (Å²) in [5.41, 5.74) is 1.70. The number of aromatic nitrogens is 5. The Labute approximate surface area is 132 Å². The zero-order valence-corrected chi connectivity index (χ0v) is 12.9. The Balaban J connectivity index is 1.55. The molecule has 0 amide bonds. The lowest BCUT2D eigenvalue weighted by molar-refractivity contribution is 0.492. The Hall–Kier alpha value is -2.70. The Bertz CT molecular complexity index is 891. The van der Waals surface area contributed by atoms with Gasteiger partial charge >= 0.3 is 0 Å². The molecule has 1 aliphatic rings. The van der Waals surface area contributed by atoms with Gasteiger partial charge in [0.1, 0.15) is 23.6 Å². The summed E-state index contributed by atoms with van der Waals surface area (Å²) >= 11 is 0. The molecule has 0 radical (unpaired) electrons. The van der Waals surface area contributed by atoms with Crippen LogP contribution in [0.15, 0.2) is 29.5 Å². The molecular weight excluding hydrogens is 292 g/mol. The molecule has 3 aromatic heterocycles. The maximum Gasteiger partial charge on any atom is 0.251 e. The minimum Gasteiger partial charge on any atom is -0.356 e. The Morgan fingerprint density at radius 1 is 1.26 bits per heavy atom. The summed E-state index contributed by atoms with van der Waals surface area (Å²) in [6.07, 6.45) is 5.41. The highest BCUT2D eigenvalue weighted by atomic mass is 16.1. The first-order valence-corrected chi connectivity index (χ1v) is 7.81. The van der Waals surface area contributed by atoms with Crippen molar-refractivity contribution in [1.82, 2.24) is 24.9 Å². The summed E-state index contributed by atoms with van der Waals surface area (Å²) in [4.78, 5) is 32.9. The van der Waals surface area contributed by atoms with Gasteiger partial charge in [0.05, 0.1) is 11.1 Å². The summed E-state index contributed by atoms with van der Waals surface area (Å²) in [6, 6.07) is 3.64. The SMILES string of the molecule is Cc1nc(C2CCN(c3ncnc4[nH]ccc34)CC2)cc(=O)[nH]1. The fourth-order valence-electron chi connectivity index (χ4n) is 3.31. The maximum atomic E-state index is 11.6. The molecule has 0 saturated carbocycles. The number of rotatable bonds is 2. The third kappa shape index (κ3) is 2.58. The third-order valence-corrected chi connectivity index (χ3v) is 4.43. The lowest BCUT2D eigenvalue weighted by atomic mass is 9.93. The minimum absolute atomic E-state index is 0.0697. The van der Waals surface area contributed by atoms with E-state index in [1.54, 1.807) is 12.4 Å². The predicted molar refractivity (Wildman–Crippen MR) is 87.7 cm³/mol. The van der Waals surface area contributed by atoms with Crippen molar-refractivity contribution < 1.29 is 0 Å². The van der Waals surface area contributed by atoms with Crippen molar-refractivity contribution >= 4 is 16.9 Å². The molecule has 0 bridgehead atoms. The largest absolute Gasteiger partial charge is 0.356 e. The van der Waals surface area contributed by atoms with Gasteiger partial charge in [-0.25, -0.2) is 15.0 Å². The van der Waals surface area contributed by atoms with Crippen LogP contribution in [0, 0.1) is 6.92 Å². The summed E-state index contributed by atoms with van der Waals surface area (Å²) in [5.74, 6) is 1.99. The number of hydrogen-bond acceptors (Lipinski definition) is 5. The van der Waals surface area contributed by atoms with Gasteiger partial charge in [-0.1, -0.05) is 0 Å². The molecule has 2 N–H and O–H groups in total. The third-order valence-electron chi connectivity index (χ3n) is 4.43. The highest BCUT2D eigenvalue weighted by Gasteiger charge is 2.24. The fourth-order valence-corrected chi connectivity index (χ4v) is 3.31. The van der Waals surface area contributed by atoms with E-state index < -0.39 is 0 Å². The van der Waals surface area contributed by atoms with Crippen LogP contribution >= 0.6 is 0 Å². The van der Waals surface area contributed by atoms with Crippen LogP contribution in [0.5, 0.6) is 0 Å². The molecule has 0 aliphatic carbocycles. The van der Waals surface area contributed by atoms with Crippen LogP contribution in [0.25, 0.3) is 11.0 Å². The second-order valence-corrected chi connectivity index (χ2v) is 5.95. The van der Waals surface area contributed by atoms with Gasteiger partial charge in [0.15, 0.2) is 0 Å². The quantitative estimate of drug-likeness (QED) is 0.752. The molecule has 3 aromatic rings. The number of H-pyrrole nitrogens is 2. The van der Waals surface area contributed by atoms with E-state index in [1.807, 2.05) is 19.2 Å². The van der Waals surface area contributed by atoms with E-state index in [1.165, 1.54) is 0 Å². The van der Waals surface area contributed by atoms with E-state index in [0.29, 0.717) is 11.7 Å². The number of nitrogens with zero attached hydrogens (tertiary/aromatic N) is 4. The number of anilines is 1. The Morgan fingerprint density at radius 3 is 2.87 bits per heavy atom. The van der Waals surface area contributed by atoms with E-state index in [0.717, 1.165) is 48.5 Å². The highest BCUT2D eigenvalue weighted by molar-refractivity contribution is 5.87. The molecule has 1 saturated heterocycles. The summed E-state index contributed by atoms with van der Waals surface area (Å²) < 4.78 is 0. The second-order valence-electron chi connectivity index (χ2n) is 5.95. The summed E-state index contributed by atoms with van der Waals surface area (Å²) in [5, 5.41) is 1.05. The number of aromatic amines is 2. The number of nitrogens with one attached hydrogen (secondary N) is 2. The van der Waals surface area contributed by atoms with Crippen LogP contribution in [0.1, 0.15) is 30.3 Å². The molecule has 23 heavy (non-hydrogen) atoms. The van der Waals surface area contributed by atoms with Crippen LogP contribution in [0.2, 0.25) is 0 Å². The number of hydrogen-bond donors (Lipinski definition) is 2. The van der Waals surface area contributed by atoms with E-state index in [4.69, 9.17) is 0 Å². The average Bonchev–Trinajstić information content (AvgIpc) is 3.02. The van der Waals surface area contributed by atoms with Crippen LogP contribution in [0.4, 0.5) is 5.82 Å². The minimum atomic E-state index is -0.0697. The molecule has 4 heterocycles. The summed E-state index contributed by atoms with van der Waals surface area (Å²) in [6.45, 7) is 3.62. The molecule has 7 nitrogen and oxygen atoms in total. The zero-order chi connectivity index (χ0) is 15.8. The average molecular weight is 310 g/mol. The van der Waals surface area contributed by atoms with Gasteiger partial charge in [-0.2, -0.15) is 0 Å². The van der Waals surface area contributed by atoms with Crippen molar-refractivity contribution in [2.24, 2.45) is 0 Å². The van der Waals surface area contributed by atoms with Gasteiger partial charge in [-0.15, -0.1) is 0 Å². The van der Waals surface area contributed by atoms with Crippen molar-refractivity contribution in [3.05, 3.63) is 46.5 Å². The number of piperidine rings is 1. The number of aryl methyl sites for hydroxylation is 1. The first-order valence-electron chi connectivity index (χ1n) is 7.81. The standard InChI is InChI=1S/C16H18N6O/c1-10-20-13(8-14(23)21-10)11-3-6-22(7-4-11)16-12-2-5-17-15(12)18-9-19-16/h2,5,8-9,11H,3-4,6-7H2,1H3,(H,17,18,19)(H,20,21,23). The predicted octanol–water partition coefficient (Wildman–Crippen LogP) is 1.73. The van der Waals surface area contributed by atoms with E-state index in [-0.39, 0.29) is 5.56 Å². The molecular formula is C16H18N6O. The van der Waals surface area contributed by atoms with Crippen molar-refractivity contribution in [2.45, 2.75) is 25.7 Å². The molecule has 0 aromatic carbocycles. The molecule has 7 heteroatoms.